The lowest BCUT2D eigenvalue weighted by molar-refractivity contribution is -0.386. The van der Waals surface area contributed by atoms with Crippen LogP contribution in [0.2, 0.25) is 0 Å². The number of benzene rings is 1. The van der Waals surface area contributed by atoms with Crippen LogP contribution < -0.4 is 0 Å². The SMILES string of the molecule is CC(=O)OCC12C(OC(C)=O)C(OC(C)=O)C3C(OC(C)=O)C14OC3(C)COC(=O)c1cnccc1CCC(C)(O)C(=O)OC(C(OC(=O)c1ccccc1)C2OC(C)=O)C4(C)O. The van der Waals surface area contributed by atoms with Gasteiger partial charge >= 0.3 is 47.8 Å². The van der Waals surface area contributed by atoms with E-state index in [1.54, 1.807) is 6.07 Å². The summed E-state index contributed by atoms with van der Waals surface area (Å²) in [6.07, 6.45) is -10.7. The van der Waals surface area contributed by atoms with Crippen molar-refractivity contribution in [1.82, 2.24) is 4.98 Å². The quantitative estimate of drug-likeness (QED) is 0.279. The van der Waals surface area contributed by atoms with Crippen LogP contribution in [-0.2, 0) is 77.8 Å². The molecule has 340 valence electrons. The summed E-state index contributed by atoms with van der Waals surface area (Å²) < 4.78 is 54.9. The van der Waals surface area contributed by atoms with Gasteiger partial charge in [-0.15, -0.1) is 0 Å². The Kier molecular flexibility index (Phi) is 12.5. The van der Waals surface area contributed by atoms with E-state index in [4.69, 9.17) is 42.6 Å². The van der Waals surface area contributed by atoms with E-state index in [1.165, 1.54) is 49.6 Å². The molecule has 20 nitrogen and oxygen atoms in total. The fraction of sp³-hybridized carbons (Fsp3) is 0.558. The minimum Gasteiger partial charge on any atom is -0.465 e. The normalized spacial score (nSPS) is 35.8. The third-order valence-corrected chi connectivity index (χ3v) is 12.2. The van der Waals surface area contributed by atoms with Crippen LogP contribution in [-0.4, -0.2) is 135 Å². The second-order valence-electron chi connectivity index (χ2n) is 16.8. The number of hydrogen-bond donors (Lipinski definition) is 2. The summed E-state index contributed by atoms with van der Waals surface area (Å²) >= 11 is 0. The van der Waals surface area contributed by atoms with E-state index < -0.39 is 138 Å². The van der Waals surface area contributed by atoms with Crippen LogP contribution in [0, 0.1) is 11.3 Å². The molecule has 1 aromatic carbocycles. The molecule has 4 bridgehead atoms. The van der Waals surface area contributed by atoms with Gasteiger partial charge in [-0.1, -0.05) is 18.2 Å². The van der Waals surface area contributed by atoms with E-state index in [2.05, 4.69) is 4.98 Å². The van der Waals surface area contributed by atoms with Crippen molar-refractivity contribution in [3.05, 3.63) is 65.5 Å². The molecule has 2 aromatic rings. The highest BCUT2D eigenvalue weighted by Crippen LogP contribution is 2.70. The van der Waals surface area contributed by atoms with Crippen molar-refractivity contribution in [3.63, 3.8) is 0 Å². The average Bonchev–Trinajstić information content (AvgIpc) is 3.42. The van der Waals surface area contributed by atoms with Crippen LogP contribution in [0.15, 0.2) is 48.8 Å². The molecule has 2 aliphatic carbocycles. The molecule has 20 heteroatoms. The maximum atomic E-state index is 14.5. The van der Waals surface area contributed by atoms with Crippen LogP contribution in [0.1, 0.15) is 88.1 Å². The van der Waals surface area contributed by atoms with Crippen molar-refractivity contribution in [2.45, 2.75) is 127 Å². The molecule has 6 rings (SSSR count). The van der Waals surface area contributed by atoms with Crippen LogP contribution >= 0.6 is 0 Å². The zero-order chi connectivity index (χ0) is 46.4. The van der Waals surface area contributed by atoms with Crippen molar-refractivity contribution in [2.24, 2.45) is 11.3 Å². The molecule has 0 radical (unpaired) electrons. The monoisotopic (exact) mass is 883 g/mol. The smallest absolute Gasteiger partial charge is 0.340 e. The first-order chi connectivity index (χ1) is 29.4. The summed E-state index contributed by atoms with van der Waals surface area (Å²) in [5.74, 6) is -10.5. The Morgan fingerprint density at radius 3 is 1.94 bits per heavy atom. The number of ether oxygens (including phenoxy) is 9. The number of aromatic nitrogens is 1. The zero-order valence-electron chi connectivity index (χ0n) is 35.8. The summed E-state index contributed by atoms with van der Waals surface area (Å²) in [5.41, 5.74) is -13.1. The molecule has 4 aliphatic rings. The number of nitrogens with zero attached hydrogens (tertiary/aromatic N) is 1. The summed E-state index contributed by atoms with van der Waals surface area (Å²) in [4.78, 5) is 113. The maximum Gasteiger partial charge on any atom is 0.340 e. The van der Waals surface area contributed by atoms with Crippen molar-refractivity contribution < 1.29 is 91.2 Å². The first-order valence-corrected chi connectivity index (χ1v) is 20.0. The van der Waals surface area contributed by atoms with Gasteiger partial charge in [0.25, 0.3) is 0 Å². The van der Waals surface area contributed by atoms with Crippen LogP contribution in [0.25, 0.3) is 0 Å². The van der Waals surface area contributed by atoms with Crippen molar-refractivity contribution in [2.75, 3.05) is 13.2 Å². The van der Waals surface area contributed by atoms with Gasteiger partial charge in [-0.25, -0.2) is 14.4 Å². The molecule has 63 heavy (non-hydrogen) atoms. The minimum atomic E-state index is -2.98. The Balaban J connectivity index is 1.79. The largest absolute Gasteiger partial charge is 0.465 e. The van der Waals surface area contributed by atoms with Gasteiger partial charge in [-0.3, -0.25) is 29.0 Å². The molecule has 0 amide bonds. The number of fused-ring (bicyclic) bond motifs is 5. The summed E-state index contributed by atoms with van der Waals surface area (Å²) in [6, 6.07) is 8.75. The van der Waals surface area contributed by atoms with Crippen molar-refractivity contribution in [1.29, 1.82) is 0 Å². The van der Waals surface area contributed by atoms with Crippen LogP contribution in [0.4, 0.5) is 0 Å². The highest BCUT2D eigenvalue weighted by molar-refractivity contribution is 5.91. The summed E-state index contributed by atoms with van der Waals surface area (Å²) in [5, 5.41) is 25.4. The first-order valence-electron chi connectivity index (χ1n) is 20.0. The first kappa shape index (κ1) is 46.5. The number of carbonyl (C=O) groups excluding carboxylic acids is 8. The number of cyclic esters (lactones) is 1. The Bertz CT molecular complexity index is 2190. The number of aliphatic hydroxyl groups is 2. The van der Waals surface area contributed by atoms with E-state index in [9.17, 15) is 48.6 Å². The number of esters is 8. The highest BCUT2D eigenvalue weighted by atomic mass is 16.7. The van der Waals surface area contributed by atoms with Crippen molar-refractivity contribution in [3.8, 4) is 0 Å². The molecular weight excluding hydrogens is 834 g/mol. The van der Waals surface area contributed by atoms with Gasteiger partial charge in [0.05, 0.1) is 17.0 Å². The number of aryl methyl sites for hydroxylation is 1. The molecule has 3 heterocycles. The molecule has 2 aliphatic heterocycles. The third kappa shape index (κ3) is 7.99. The minimum absolute atomic E-state index is 0.0945. The Hall–Kier alpha value is -5.99. The summed E-state index contributed by atoms with van der Waals surface area (Å²) in [7, 11) is 0. The predicted octanol–water partition coefficient (Wildman–Crippen LogP) is 1.27. The topological polar surface area (TPSA) is 273 Å². The fourth-order valence-electron chi connectivity index (χ4n) is 9.75. The lowest BCUT2D eigenvalue weighted by Gasteiger charge is -2.67. The van der Waals surface area contributed by atoms with E-state index in [0.29, 0.717) is 0 Å². The number of carbonyl (C=O) groups is 8. The van der Waals surface area contributed by atoms with Gasteiger partial charge in [0.1, 0.15) is 42.0 Å². The van der Waals surface area contributed by atoms with E-state index >= 15 is 0 Å². The molecule has 1 aromatic heterocycles. The second kappa shape index (κ2) is 16.9. The van der Waals surface area contributed by atoms with Gasteiger partial charge in [0, 0.05) is 47.0 Å². The number of pyridine rings is 1. The van der Waals surface area contributed by atoms with Gasteiger partial charge in [-0.05, 0) is 57.4 Å². The molecule has 2 saturated carbocycles. The van der Waals surface area contributed by atoms with Gasteiger partial charge in [0.2, 0.25) is 0 Å². The predicted molar refractivity (Wildman–Crippen MR) is 207 cm³/mol. The molecule has 12 unspecified atom stereocenters. The lowest BCUT2D eigenvalue weighted by Crippen LogP contribution is -2.89. The third-order valence-electron chi connectivity index (χ3n) is 12.2. The van der Waals surface area contributed by atoms with Gasteiger partial charge in [0.15, 0.2) is 35.6 Å². The number of hydrogen-bond acceptors (Lipinski definition) is 20. The molecular formula is C43H49NO19. The van der Waals surface area contributed by atoms with Crippen LogP contribution in [0.5, 0.6) is 0 Å². The van der Waals surface area contributed by atoms with E-state index in [1.807, 2.05) is 0 Å². The lowest BCUT2D eigenvalue weighted by atomic mass is 9.45. The molecule has 3 fully saturated rings. The second-order valence-corrected chi connectivity index (χ2v) is 16.8. The summed E-state index contributed by atoms with van der Waals surface area (Å²) in [6.45, 7) is 6.38. The Morgan fingerprint density at radius 2 is 1.35 bits per heavy atom. The zero-order valence-corrected chi connectivity index (χ0v) is 35.8. The molecule has 1 saturated heterocycles. The van der Waals surface area contributed by atoms with E-state index in [-0.39, 0.29) is 23.1 Å². The molecule has 12 atom stereocenters. The van der Waals surface area contributed by atoms with Gasteiger partial charge in [-0.2, -0.15) is 0 Å². The average molecular weight is 884 g/mol. The maximum absolute atomic E-state index is 14.5. The fourth-order valence-corrected chi connectivity index (χ4v) is 9.75. The van der Waals surface area contributed by atoms with Crippen molar-refractivity contribution >= 4 is 47.8 Å². The Morgan fingerprint density at radius 1 is 0.762 bits per heavy atom. The van der Waals surface area contributed by atoms with E-state index in [0.717, 1.165) is 48.5 Å². The van der Waals surface area contributed by atoms with Crippen LogP contribution in [0.3, 0.4) is 0 Å². The Labute approximate surface area is 360 Å². The number of rotatable bonds is 8. The highest BCUT2D eigenvalue weighted by Gasteiger charge is 2.92. The molecule has 1 spiro atoms. The molecule has 2 N–H and O–H groups in total. The standard InChI is InChI=1S/C43H49NO19/c1-21(45)55-20-42-34(59-24(4)48)30(57-22(2)46)29-32(58-23(3)47)43(42)41(8,54)33(31(35(42)60-25(5)49)61-36(50)27-12-10-9-11-13-27)62-38(52)39(6,53)16-14-26-15-17-44-18-28(26)37(51)56-19-40(29,7)63-43/h9-13,15,17-18,29-35,53-54H,14,16,19-20H2,1-8H3. The van der Waals surface area contributed by atoms with Gasteiger partial charge < -0.3 is 52.8 Å².